The molecule has 0 atom stereocenters. The molecule has 2 aliphatic rings. The second-order valence-electron chi connectivity index (χ2n) is 6.46. The molecule has 1 N–H and O–H groups in total. The zero-order valence-corrected chi connectivity index (χ0v) is 12.6. The maximum atomic E-state index is 13.3. The highest BCUT2D eigenvalue weighted by atomic mass is 16.3. The van der Waals surface area contributed by atoms with Crippen LogP contribution in [0.3, 0.4) is 0 Å². The molecule has 1 aromatic rings. The van der Waals surface area contributed by atoms with E-state index < -0.39 is 0 Å². The number of nitrogens with zero attached hydrogens (tertiary/aromatic N) is 1. The van der Waals surface area contributed by atoms with Crippen LogP contribution in [0.5, 0.6) is 0 Å². The van der Waals surface area contributed by atoms with Crippen LogP contribution in [-0.2, 0) is 10.2 Å². The Morgan fingerprint density at radius 3 is 2.33 bits per heavy atom. The smallest absolute Gasteiger partial charge is 0.233 e. The van der Waals surface area contributed by atoms with Gasteiger partial charge >= 0.3 is 0 Å². The van der Waals surface area contributed by atoms with E-state index in [4.69, 9.17) is 0 Å². The van der Waals surface area contributed by atoms with Gasteiger partial charge in [-0.3, -0.25) is 4.79 Å². The van der Waals surface area contributed by atoms with Gasteiger partial charge in [0.2, 0.25) is 5.91 Å². The molecule has 0 bridgehead atoms. The van der Waals surface area contributed by atoms with E-state index >= 15 is 0 Å². The first-order chi connectivity index (χ1) is 10.3. The van der Waals surface area contributed by atoms with Gasteiger partial charge in [-0.05, 0) is 37.7 Å². The van der Waals surface area contributed by atoms with Crippen molar-refractivity contribution in [2.45, 2.75) is 56.4 Å². The zero-order valence-electron chi connectivity index (χ0n) is 12.6. The van der Waals surface area contributed by atoms with Crippen LogP contribution < -0.4 is 0 Å². The van der Waals surface area contributed by atoms with E-state index in [0.29, 0.717) is 12.6 Å². The molecule has 1 aromatic carbocycles. The summed E-state index contributed by atoms with van der Waals surface area (Å²) in [4.78, 5) is 15.3. The third-order valence-corrected chi connectivity index (χ3v) is 5.31. The van der Waals surface area contributed by atoms with E-state index in [-0.39, 0.29) is 17.9 Å². The van der Waals surface area contributed by atoms with Crippen molar-refractivity contribution < 1.29 is 9.90 Å². The van der Waals surface area contributed by atoms with E-state index in [2.05, 4.69) is 12.1 Å². The number of carbonyl (C=O) groups excluding carboxylic acids is 1. The molecule has 3 heteroatoms. The number of carbonyl (C=O) groups is 1. The molecule has 2 aliphatic carbocycles. The van der Waals surface area contributed by atoms with Gasteiger partial charge in [0, 0.05) is 12.6 Å². The Kier molecular flexibility index (Phi) is 4.29. The zero-order chi connectivity index (χ0) is 14.7. The van der Waals surface area contributed by atoms with Gasteiger partial charge < -0.3 is 10.0 Å². The summed E-state index contributed by atoms with van der Waals surface area (Å²) in [6.45, 7) is 0.547. The Morgan fingerprint density at radius 1 is 1.14 bits per heavy atom. The second-order valence-corrected chi connectivity index (χ2v) is 6.46. The maximum Gasteiger partial charge on any atom is 0.233 e. The highest BCUT2D eigenvalue weighted by Gasteiger charge is 2.46. The van der Waals surface area contributed by atoms with E-state index in [1.807, 2.05) is 23.1 Å². The summed E-state index contributed by atoms with van der Waals surface area (Å²) in [5, 5.41) is 9.36. The standard InChI is InChI=1S/C18H25NO2/c20-14-13-19(16-9-6-10-16)17(21)18(11-4-5-12-18)15-7-2-1-3-8-15/h1-3,7-8,16,20H,4-6,9-14H2. The number of benzene rings is 1. The quantitative estimate of drug-likeness (QED) is 0.904. The fourth-order valence-electron chi connectivity index (χ4n) is 3.89. The minimum Gasteiger partial charge on any atom is -0.395 e. The van der Waals surface area contributed by atoms with Gasteiger partial charge in [-0.1, -0.05) is 43.2 Å². The molecule has 0 heterocycles. The van der Waals surface area contributed by atoms with E-state index in [0.717, 1.165) is 44.1 Å². The molecule has 0 saturated heterocycles. The van der Waals surface area contributed by atoms with Crippen molar-refractivity contribution in [1.29, 1.82) is 0 Å². The van der Waals surface area contributed by atoms with Crippen LogP contribution in [0.2, 0.25) is 0 Å². The Bertz CT molecular complexity index is 475. The molecule has 2 saturated carbocycles. The van der Waals surface area contributed by atoms with Crippen LogP contribution in [0, 0.1) is 0 Å². The van der Waals surface area contributed by atoms with E-state index in [9.17, 15) is 9.90 Å². The van der Waals surface area contributed by atoms with Crippen molar-refractivity contribution in [3.8, 4) is 0 Å². The second kappa shape index (κ2) is 6.18. The topological polar surface area (TPSA) is 40.5 Å². The molecule has 0 spiro atoms. The summed E-state index contributed by atoms with van der Waals surface area (Å²) >= 11 is 0. The Morgan fingerprint density at radius 2 is 1.81 bits per heavy atom. The van der Waals surface area contributed by atoms with Crippen molar-refractivity contribution >= 4 is 5.91 Å². The first-order valence-corrected chi connectivity index (χ1v) is 8.25. The van der Waals surface area contributed by atoms with Crippen LogP contribution in [0.4, 0.5) is 0 Å². The molecule has 3 nitrogen and oxygen atoms in total. The van der Waals surface area contributed by atoms with Crippen LogP contribution in [0.1, 0.15) is 50.5 Å². The molecular formula is C18H25NO2. The lowest BCUT2D eigenvalue weighted by molar-refractivity contribution is -0.142. The number of aliphatic hydroxyl groups excluding tert-OH is 1. The van der Waals surface area contributed by atoms with Crippen LogP contribution in [0.25, 0.3) is 0 Å². The van der Waals surface area contributed by atoms with E-state index in [1.165, 1.54) is 6.42 Å². The number of hydrogen-bond acceptors (Lipinski definition) is 2. The minimum atomic E-state index is -0.341. The van der Waals surface area contributed by atoms with E-state index in [1.54, 1.807) is 0 Å². The third-order valence-electron chi connectivity index (χ3n) is 5.31. The first kappa shape index (κ1) is 14.6. The monoisotopic (exact) mass is 287 g/mol. The van der Waals surface area contributed by atoms with Crippen LogP contribution in [-0.4, -0.2) is 35.1 Å². The number of amides is 1. The van der Waals surface area contributed by atoms with Gasteiger partial charge in [-0.15, -0.1) is 0 Å². The number of rotatable bonds is 5. The Balaban J connectivity index is 1.90. The SMILES string of the molecule is O=C(N(CCO)C1CCC1)C1(c2ccccc2)CCCC1. The number of aliphatic hydroxyl groups is 1. The first-order valence-electron chi connectivity index (χ1n) is 8.25. The van der Waals surface area contributed by atoms with Crippen LogP contribution >= 0.6 is 0 Å². The molecule has 0 aliphatic heterocycles. The average molecular weight is 287 g/mol. The van der Waals surface area contributed by atoms with Gasteiger partial charge in [0.25, 0.3) is 0 Å². The lowest BCUT2D eigenvalue weighted by atomic mass is 9.76. The van der Waals surface area contributed by atoms with Crippen molar-refractivity contribution in [3.05, 3.63) is 35.9 Å². The molecule has 21 heavy (non-hydrogen) atoms. The van der Waals surface area contributed by atoms with Crippen molar-refractivity contribution in [2.75, 3.05) is 13.2 Å². The number of hydrogen-bond donors (Lipinski definition) is 1. The van der Waals surface area contributed by atoms with Gasteiger partial charge in [-0.2, -0.15) is 0 Å². The molecule has 114 valence electrons. The van der Waals surface area contributed by atoms with Gasteiger partial charge in [0.1, 0.15) is 0 Å². The highest BCUT2D eigenvalue weighted by Crippen LogP contribution is 2.43. The molecular weight excluding hydrogens is 262 g/mol. The third kappa shape index (κ3) is 2.59. The fraction of sp³-hybridized carbons (Fsp3) is 0.611. The normalized spacial score (nSPS) is 21.0. The predicted octanol–water partition coefficient (Wildman–Crippen LogP) is 2.87. The summed E-state index contributed by atoms with van der Waals surface area (Å²) in [6.07, 6.45) is 7.54. The molecule has 2 fully saturated rings. The Hall–Kier alpha value is -1.35. The van der Waals surface area contributed by atoms with Gasteiger partial charge in [0.15, 0.2) is 0 Å². The molecule has 0 unspecified atom stereocenters. The molecule has 3 rings (SSSR count). The van der Waals surface area contributed by atoms with Crippen molar-refractivity contribution in [2.24, 2.45) is 0 Å². The fourth-order valence-corrected chi connectivity index (χ4v) is 3.89. The van der Waals surface area contributed by atoms with Crippen molar-refractivity contribution in [1.82, 2.24) is 4.90 Å². The summed E-state index contributed by atoms with van der Waals surface area (Å²) in [7, 11) is 0. The summed E-state index contributed by atoms with van der Waals surface area (Å²) in [5.41, 5.74) is 0.821. The highest BCUT2D eigenvalue weighted by molar-refractivity contribution is 5.89. The largest absolute Gasteiger partial charge is 0.395 e. The van der Waals surface area contributed by atoms with Gasteiger partial charge in [-0.25, -0.2) is 0 Å². The van der Waals surface area contributed by atoms with Gasteiger partial charge in [0.05, 0.1) is 12.0 Å². The average Bonchev–Trinajstić information content (AvgIpc) is 2.96. The molecule has 0 radical (unpaired) electrons. The lowest BCUT2D eigenvalue weighted by Gasteiger charge is -2.42. The van der Waals surface area contributed by atoms with Crippen LogP contribution in [0.15, 0.2) is 30.3 Å². The lowest BCUT2D eigenvalue weighted by Crippen LogP contribution is -2.53. The summed E-state index contributed by atoms with van der Waals surface area (Å²) in [6, 6.07) is 10.6. The predicted molar refractivity (Wildman–Crippen MR) is 83.0 cm³/mol. The van der Waals surface area contributed by atoms with Crippen molar-refractivity contribution in [3.63, 3.8) is 0 Å². The summed E-state index contributed by atoms with van der Waals surface area (Å²) in [5.74, 6) is 0.255. The minimum absolute atomic E-state index is 0.0626. The molecule has 1 amide bonds. The summed E-state index contributed by atoms with van der Waals surface area (Å²) < 4.78 is 0. The maximum absolute atomic E-state index is 13.3. The Labute approximate surface area is 127 Å². The molecule has 0 aromatic heterocycles.